The number of amides is 1. The summed E-state index contributed by atoms with van der Waals surface area (Å²) in [6.45, 7) is 3.25. The minimum Gasteiger partial charge on any atom is -0.481 e. The second-order valence-electron chi connectivity index (χ2n) is 4.44. The van der Waals surface area contributed by atoms with Gasteiger partial charge in [0.15, 0.2) is 0 Å². The zero-order valence-corrected chi connectivity index (χ0v) is 11.9. The molecule has 0 aliphatic carbocycles. The van der Waals surface area contributed by atoms with Crippen LogP contribution in [0.25, 0.3) is 0 Å². The number of nitriles is 1. The molecule has 0 aromatic heterocycles. The van der Waals surface area contributed by atoms with Crippen LogP contribution in [0.3, 0.4) is 0 Å². The molecule has 0 unspecified atom stereocenters. The summed E-state index contributed by atoms with van der Waals surface area (Å²) in [7, 11) is 0. The fourth-order valence-corrected chi connectivity index (χ4v) is 1.48. The molecular weight excluding hydrogens is 258 g/mol. The Morgan fingerprint density at radius 3 is 2.55 bits per heavy atom. The Morgan fingerprint density at radius 2 is 1.95 bits per heavy atom. The van der Waals surface area contributed by atoms with Gasteiger partial charge in [-0.1, -0.05) is 19.8 Å². The van der Waals surface area contributed by atoms with Crippen molar-refractivity contribution in [2.75, 3.05) is 13.1 Å². The number of unbranched alkanes of at least 4 members (excludes halogenated alkanes) is 3. The molecule has 0 heterocycles. The van der Waals surface area contributed by atoms with Crippen molar-refractivity contribution < 1.29 is 14.7 Å². The minimum absolute atomic E-state index is 0.0617. The quantitative estimate of drug-likeness (QED) is 0.303. The predicted octanol–water partition coefficient (Wildman–Crippen LogP) is 1.54. The van der Waals surface area contributed by atoms with Gasteiger partial charge >= 0.3 is 5.97 Å². The van der Waals surface area contributed by atoms with Gasteiger partial charge in [0.2, 0.25) is 0 Å². The molecule has 3 N–H and O–H groups in total. The molecule has 0 saturated heterocycles. The average Bonchev–Trinajstić information content (AvgIpc) is 2.42. The van der Waals surface area contributed by atoms with Crippen molar-refractivity contribution in [2.24, 2.45) is 0 Å². The third-order valence-corrected chi connectivity index (χ3v) is 2.64. The van der Waals surface area contributed by atoms with Crippen molar-refractivity contribution in [1.29, 1.82) is 5.26 Å². The molecule has 6 nitrogen and oxygen atoms in total. The number of nitrogens with zero attached hydrogens (tertiary/aromatic N) is 1. The third kappa shape index (κ3) is 9.95. The van der Waals surface area contributed by atoms with E-state index in [2.05, 4.69) is 17.6 Å². The van der Waals surface area contributed by atoms with Crippen LogP contribution >= 0.6 is 0 Å². The van der Waals surface area contributed by atoms with Crippen molar-refractivity contribution >= 4 is 11.9 Å². The Labute approximate surface area is 119 Å². The standard InChI is InChI=1S/C14H23N3O3/c1-2-3-8-16-11-12(10-15)14(20)17-9-6-4-5-7-13(18)19/h11,16H,2-9H2,1H3,(H,17,20)(H,18,19)/b12-11-. The first kappa shape index (κ1) is 18.0. The van der Waals surface area contributed by atoms with Crippen molar-refractivity contribution in [3.8, 4) is 6.07 Å². The highest BCUT2D eigenvalue weighted by atomic mass is 16.4. The lowest BCUT2D eigenvalue weighted by Crippen LogP contribution is -2.26. The fraction of sp³-hybridized carbons (Fsp3) is 0.643. The first-order valence-electron chi connectivity index (χ1n) is 6.95. The van der Waals surface area contributed by atoms with Gasteiger partial charge in [-0.3, -0.25) is 9.59 Å². The number of carboxylic acids is 1. The summed E-state index contributed by atoms with van der Waals surface area (Å²) in [6, 6.07) is 1.85. The smallest absolute Gasteiger partial charge is 0.303 e. The normalized spacial score (nSPS) is 10.7. The average molecular weight is 281 g/mol. The highest BCUT2D eigenvalue weighted by Gasteiger charge is 2.07. The molecular formula is C14H23N3O3. The van der Waals surface area contributed by atoms with Crippen molar-refractivity contribution in [1.82, 2.24) is 10.6 Å². The monoisotopic (exact) mass is 281 g/mol. The van der Waals surface area contributed by atoms with Crippen LogP contribution in [0.5, 0.6) is 0 Å². The van der Waals surface area contributed by atoms with E-state index < -0.39 is 11.9 Å². The van der Waals surface area contributed by atoms with Crippen molar-refractivity contribution in [3.63, 3.8) is 0 Å². The lowest BCUT2D eigenvalue weighted by Gasteiger charge is -2.04. The number of aliphatic carboxylic acids is 1. The topological polar surface area (TPSA) is 102 Å². The van der Waals surface area contributed by atoms with Crippen LogP contribution in [-0.2, 0) is 9.59 Å². The van der Waals surface area contributed by atoms with Gasteiger partial charge in [-0.05, 0) is 19.3 Å². The van der Waals surface area contributed by atoms with E-state index in [4.69, 9.17) is 10.4 Å². The Hall–Kier alpha value is -2.03. The molecule has 0 atom stereocenters. The zero-order valence-electron chi connectivity index (χ0n) is 11.9. The molecule has 112 valence electrons. The van der Waals surface area contributed by atoms with E-state index in [-0.39, 0.29) is 12.0 Å². The summed E-state index contributed by atoms with van der Waals surface area (Å²) in [5.41, 5.74) is 0.0617. The molecule has 0 aromatic rings. The van der Waals surface area contributed by atoms with Crippen LogP contribution in [0.2, 0.25) is 0 Å². The molecule has 0 aromatic carbocycles. The largest absolute Gasteiger partial charge is 0.481 e. The highest BCUT2D eigenvalue weighted by Crippen LogP contribution is 1.99. The van der Waals surface area contributed by atoms with E-state index >= 15 is 0 Å². The van der Waals surface area contributed by atoms with E-state index in [1.165, 1.54) is 6.20 Å². The van der Waals surface area contributed by atoms with E-state index in [0.717, 1.165) is 25.8 Å². The van der Waals surface area contributed by atoms with Crippen LogP contribution in [0.1, 0.15) is 45.4 Å². The molecule has 0 spiro atoms. The Kier molecular flexibility index (Phi) is 10.8. The van der Waals surface area contributed by atoms with Crippen molar-refractivity contribution in [2.45, 2.75) is 45.4 Å². The SMILES string of the molecule is CCCCN/C=C(/C#N)C(=O)NCCCCCC(=O)O. The summed E-state index contributed by atoms with van der Waals surface area (Å²) >= 11 is 0. The van der Waals surface area contributed by atoms with E-state index in [1.807, 2.05) is 6.07 Å². The number of nitrogens with one attached hydrogen (secondary N) is 2. The maximum atomic E-state index is 11.6. The summed E-state index contributed by atoms with van der Waals surface area (Å²) in [5, 5.41) is 22.9. The molecule has 1 amide bonds. The van der Waals surface area contributed by atoms with Crippen LogP contribution in [0.4, 0.5) is 0 Å². The predicted molar refractivity (Wildman–Crippen MR) is 75.7 cm³/mol. The van der Waals surface area contributed by atoms with Crippen LogP contribution in [-0.4, -0.2) is 30.1 Å². The van der Waals surface area contributed by atoms with E-state index in [0.29, 0.717) is 19.4 Å². The number of carbonyl (C=O) groups excluding carboxylic acids is 1. The number of carboxylic acid groups (broad SMARTS) is 1. The molecule has 0 fully saturated rings. The zero-order chi connectivity index (χ0) is 15.2. The number of carbonyl (C=O) groups is 2. The summed E-state index contributed by atoms with van der Waals surface area (Å²) in [5.74, 6) is -1.20. The second kappa shape index (κ2) is 12.0. The van der Waals surface area contributed by atoms with Gasteiger partial charge in [-0.25, -0.2) is 0 Å². The molecule has 0 rings (SSSR count). The fourth-order valence-electron chi connectivity index (χ4n) is 1.48. The summed E-state index contributed by atoms with van der Waals surface area (Å²) < 4.78 is 0. The van der Waals surface area contributed by atoms with Gasteiger partial charge in [0.05, 0.1) is 0 Å². The van der Waals surface area contributed by atoms with Gasteiger partial charge in [0.1, 0.15) is 11.6 Å². The number of hydrogen-bond donors (Lipinski definition) is 3. The third-order valence-electron chi connectivity index (χ3n) is 2.64. The van der Waals surface area contributed by atoms with Gasteiger partial charge in [-0.2, -0.15) is 5.26 Å². The molecule has 0 bridgehead atoms. The Morgan fingerprint density at radius 1 is 1.20 bits per heavy atom. The van der Waals surface area contributed by atoms with Crippen LogP contribution in [0, 0.1) is 11.3 Å². The Balaban J connectivity index is 3.82. The molecule has 20 heavy (non-hydrogen) atoms. The lowest BCUT2D eigenvalue weighted by atomic mass is 10.2. The summed E-state index contributed by atoms with van der Waals surface area (Å²) in [6.07, 6.45) is 5.68. The lowest BCUT2D eigenvalue weighted by molar-refractivity contribution is -0.137. The molecule has 0 radical (unpaired) electrons. The molecule has 0 saturated carbocycles. The Bertz CT molecular complexity index is 372. The summed E-state index contributed by atoms with van der Waals surface area (Å²) in [4.78, 5) is 21.9. The van der Waals surface area contributed by atoms with Gasteiger partial charge in [-0.15, -0.1) is 0 Å². The van der Waals surface area contributed by atoms with E-state index in [9.17, 15) is 9.59 Å². The van der Waals surface area contributed by atoms with Gasteiger partial charge in [0, 0.05) is 25.7 Å². The number of rotatable bonds is 11. The van der Waals surface area contributed by atoms with Crippen LogP contribution in [0.15, 0.2) is 11.8 Å². The first-order chi connectivity index (χ1) is 9.61. The maximum absolute atomic E-state index is 11.6. The highest BCUT2D eigenvalue weighted by molar-refractivity contribution is 5.97. The molecule has 0 aliphatic rings. The van der Waals surface area contributed by atoms with Crippen LogP contribution < -0.4 is 10.6 Å². The van der Waals surface area contributed by atoms with E-state index in [1.54, 1.807) is 0 Å². The molecule has 6 heteroatoms. The van der Waals surface area contributed by atoms with Crippen molar-refractivity contribution in [3.05, 3.63) is 11.8 Å². The first-order valence-corrected chi connectivity index (χ1v) is 6.95. The molecule has 0 aliphatic heterocycles. The second-order valence-corrected chi connectivity index (χ2v) is 4.44. The minimum atomic E-state index is -0.804. The maximum Gasteiger partial charge on any atom is 0.303 e. The van der Waals surface area contributed by atoms with Gasteiger partial charge in [0.25, 0.3) is 5.91 Å². The van der Waals surface area contributed by atoms with Gasteiger partial charge < -0.3 is 15.7 Å². The number of hydrogen-bond acceptors (Lipinski definition) is 4.